The van der Waals surface area contributed by atoms with Crippen molar-refractivity contribution < 1.29 is 23.8 Å². The van der Waals surface area contributed by atoms with Gasteiger partial charge in [0.25, 0.3) is 12.2 Å². The molecule has 0 aromatic carbocycles. The maximum atomic E-state index is 12.8. The lowest BCUT2D eigenvalue weighted by atomic mass is 9.81. The van der Waals surface area contributed by atoms with Crippen LogP contribution in [0.3, 0.4) is 0 Å². The van der Waals surface area contributed by atoms with E-state index in [1.54, 1.807) is 0 Å². The summed E-state index contributed by atoms with van der Waals surface area (Å²) in [6.45, 7) is 2.71. The van der Waals surface area contributed by atoms with E-state index in [9.17, 15) is 9.59 Å². The van der Waals surface area contributed by atoms with Crippen molar-refractivity contribution >= 4 is 12.0 Å². The van der Waals surface area contributed by atoms with Crippen molar-refractivity contribution in [1.29, 1.82) is 0 Å². The van der Waals surface area contributed by atoms with Crippen molar-refractivity contribution in [3.63, 3.8) is 0 Å². The molecule has 0 unspecified atom stereocenters. The lowest BCUT2D eigenvalue weighted by Gasteiger charge is -2.36. The highest BCUT2D eigenvalue weighted by atomic mass is 16.7. The average molecular weight is 378 g/mol. The van der Waals surface area contributed by atoms with Gasteiger partial charge in [-0.2, -0.15) is 0 Å². The third-order valence-corrected chi connectivity index (χ3v) is 6.82. The molecular formula is C20H30N2O5. The Morgan fingerprint density at radius 1 is 1.30 bits per heavy atom. The lowest BCUT2D eigenvalue weighted by Crippen LogP contribution is -2.45. The summed E-state index contributed by atoms with van der Waals surface area (Å²) in [6.07, 6.45) is 8.65. The molecule has 1 saturated heterocycles. The van der Waals surface area contributed by atoms with Gasteiger partial charge in [-0.3, -0.25) is 4.79 Å². The van der Waals surface area contributed by atoms with Crippen molar-refractivity contribution in [2.75, 3.05) is 13.6 Å². The molecule has 0 spiro atoms. The summed E-state index contributed by atoms with van der Waals surface area (Å²) in [7, 11) is 1.51. The van der Waals surface area contributed by atoms with Crippen LogP contribution in [0.1, 0.15) is 51.9 Å². The van der Waals surface area contributed by atoms with Crippen LogP contribution in [0.15, 0.2) is 11.8 Å². The highest BCUT2D eigenvalue weighted by Gasteiger charge is 2.70. The van der Waals surface area contributed by atoms with Gasteiger partial charge >= 0.3 is 6.09 Å². The molecule has 5 atom stereocenters. The third kappa shape index (κ3) is 3.53. The average Bonchev–Trinajstić information content (AvgIpc) is 3.23. The highest BCUT2D eigenvalue weighted by Crippen LogP contribution is 2.60. The van der Waals surface area contributed by atoms with E-state index in [4.69, 9.17) is 14.2 Å². The molecule has 4 rings (SSSR count). The number of carbonyl (C=O) groups excluding carboxylic acids is 2. The third-order valence-electron chi connectivity index (χ3n) is 6.82. The molecule has 3 fully saturated rings. The molecule has 0 aromatic rings. The van der Waals surface area contributed by atoms with Crippen molar-refractivity contribution in [3.8, 4) is 0 Å². The monoisotopic (exact) mass is 378 g/mol. The number of carbonyl (C=O) groups is 2. The van der Waals surface area contributed by atoms with Gasteiger partial charge < -0.3 is 24.8 Å². The van der Waals surface area contributed by atoms with Crippen LogP contribution in [0.4, 0.5) is 4.79 Å². The molecule has 7 nitrogen and oxygen atoms in total. The molecule has 4 aliphatic rings. The minimum Gasteiger partial charge on any atom is -0.461 e. The minimum atomic E-state index is -0.730. The molecular weight excluding hydrogens is 348 g/mol. The van der Waals surface area contributed by atoms with Gasteiger partial charge in [0.05, 0.1) is 23.9 Å². The van der Waals surface area contributed by atoms with Gasteiger partial charge in [-0.1, -0.05) is 32.1 Å². The van der Waals surface area contributed by atoms with Crippen LogP contribution < -0.4 is 10.6 Å². The Balaban J connectivity index is 1.37. The van der Waals surface area contributed by atoms with Crippen molar-refractivity contribution in [1.82, 2.24) is 10.6 Å². The zero-order valence-electron chi connectivity index (χ0n) is 16.2. The van der Waals surface area contributed by atoms with Gasteiger partial charge in [-0.05, 0) is 25.7 Å². The van der Waals surface area contributed by atoms with E-state index in [0.29, 0.717) is 12.1 Å². The second kappa shape index (κ2) is 7.34. The molecule has 2 aliphatic heterocycles. The van der Waals surface area contributed by atoms with E-state index in [-0.39, 0.29) is 29.4 Å². The van der Waals surface area contributed by atoms with Crippen LogP contribution in [0.25, 0.3) is 0 Å². The van der Waals surface area contributed by atoms with E-state index >= 15 is 0 Å². The summed E-state index contributed by atoms with van der Waals surface area (Å²) in [5, 5.41) is 5.52. The maximum absolute atomic E-state index is 12.8. The summed E-state index contributed by atoms with van der Waals surface area (Å²) >= 11 is 0. The second-order valence-electron chi connectivity index (χ2n) is 8.44. The number of amides is 2. The number of alkyl carbamates (subject to hydrolysis) is 1. The summed E-state index contributed by atoms with van der Waals surface area (Å²) in [5.74, 6) is 0.500. The second-order valence-corrected chi connectivity index (χ2v) is 8.44. The van der Waals surface area contributed by atoms with Gasteiger partial charge in [0.2, 0.25) is 0 Å². The molecule has 2 amide bonds. The van der Waals surface area contributed by atoms with Gasteiger partial charge in [0, 0.05) is 19.5 Å². The van der Waals surface area contributed by atoms with Crippen LogP contribution in [-0.4, -0.2) is 43.6 Å². The molecule has 7 heteroatoms. The summed E-state index contributed by atoms with van der Waals surface area (Å²) < 4.78 is 16.8. The Hall–Kier alpha value is -1.76. The molecule has 2 heterocycles. The first-order valence-electron chi connectivity index (χ1n) is 10.2. The highest BCUT2D eigenvalue weighted by molar-refractivity contribution is 5.94. The predicted octanol–water partition coefficient (Wildman–Crippen LogP) is 2.46. The zero-order valence-corrected chi connectivity index (χ0v) is 16.2. The first-order chi connectivity index (χ1) is 13.0. The number of fused-ring (bicyclic) bond motifs is 3. The van der Waals surface area contributed by atoms with E-state index in [0.717, 1.165) is 18.8 Å². The molecule has 150 valence electrons. The van der Waals surface area contributed by atoms with Crippen LogP contribution in [0, 0.1) is 17.8 Å². The standard InChI is InChI=1S/C20H30N2O5/c1-20-15(27-20)10-13-14(11-25-18(16(13)20)26-19(24)21-2)17(23)22-9-8-12-6-4-3-5-7-12/h11-13,15-16,18H,3-10H2,1-2H3,(H,21,24)(H,22,23)/t13-,15+,16-,18+,20+/m1/s1. The lowest BCUT2D eigenvalue weighted by molar-refractivity contribution is -0.142. The topological polar surface area (TPSA) is 89.2 Å². The quantitative estimate of drug-likeness (QED) is 0.718. The molecule has 2 N–H and O–H groups in total. The molecule has 0 aromatic heterocycles. The molecule has 0 radical (unpaired) electrons. The van der Waals surface area contributed by atoms with Crippen molar-refractivity contribution in [2.24, 2.45) is 17.8 Å². The Morgan fingerprint density at radius 2 is 2.07 bits per heavy atom. The molecule has 0 bridgehead atoms. The fraction of sp³-hybridized carbons (Fsp3) is 0.800. The van der Waals surface area contributed by atoms with E-state index in [2.05, 4.69) is 10.6 Å². The SMILES string of the molecule is CNC(=O)O[C@@H]1OC=C(C(=O)NCCC2CCCCC2)[C@H]2C[C@@H]3O[C@]3(C)[C@@H]12. The molecule has 2 saturated carbocycles. The summed E-state index contributed by atoms with van der Waals surface area (Å²) in [5.41, 5.74) is 0.267. The summed E-state index contributed by atoms with van der Waals surface area (Å²) in [6, 6.07) is 0. The van der Waals surface area contributed by atoms with Gasteiger partial charge in [0.15, 0.2) is 0 Å². The Bertz CT molecular complexity index is 630. The number of nitrogens with one attached hydrogen (secondary N) is 2. The number of rotatable bonds is 5. The Labute approximate surface area is 160 Å². The first kappa shape index (κ1) is 18.6. The Kier molecular flexibility index (Phi) is 5.05. The van der Waals surface area contributed by atoms with E-state index in [1.807, 2.05) is 6.92 Å². The number of hydrogen-bond donors (Lipinski definition) is 2. The van der Waals surface area contributed by atoms with Gasteiger partial charge in [-0.15, -0.1) is 0 Å². The van der Waals surface area contributed by atoms with Gasteiger partial charge in [-0.25, -0.2) is 4.79 Å². The van der Waals surface area contributed by atoms with Gasteiger partial charge in [0.1, 0.15) is 5.60 Å². The largest absolute Gasteiger partial charge is 0.461 e. The Morgan fingerprint density at radius 3 is 2.81 bits per heavy atom. The zero-order chi connectivity index (χ0) is 19.0. The molecule has 27 heavy (non-hydrogen) atoms. The van der Waals surface area contributed by atoms with Crippen LogP contribution in [-0.2, 0) is 19.0 Å². The number of ether oxygens (including phenoxy) is 3. The van der Waals surface area contributed by atoms with Crippen molar-refractivity contribution in [2.45, 2.75) is 69.9 Å². The fourth-order valence-corrected chi connectivity index (χ4v) is 5.17. The fourth-order valence-electron chi connectivity index (χ4n) is 5.17. The van der Waals surface area contributed by atoms with Crippen LogP contribution in [0.2, 0.25) is 0 Å². The maximum Gasteiger partial charge on any atom is 0.409 e. The molecule has 2 aliphatic carbocycles. The van der Waals surface area contributed by atoms with E-state index < -0.39 is 12.4 Å². The number of hydrogen-bond acceptors (Lipinski definition) is 5. The normalized spacial score (nSPS) is 37.3. The summed E-state index contributed by atoms with van der Waals surface area (Å²) in [4.78, 5) is 24.4. The smallest absolute Gasteiger partial charge is 0.409 e. The first-order valence-corrected chi connectivity index (χ1v) is 10.2. The van der Waals surface area contributed by atoms with E-state index in [1.165, 1.54) is 45.4 Å². The predicted molar refractivity (Wildman–Crippen MR) is 97.6 cm³/mol. The number of epoxide rings is 1. The van der Waals surface area contributed by atoms with Crippen LogP contribution >= 0.6 is 0 Å². The minimum absolute atomic E-state index is 0.00756. The van der Waals surface area contributed by atoms with Crippen LogP contribution in [0.5, 0.6) is 0 Å². The van der Waals surface area contributed by atoms with Crippen molar-refractivity contribution in [3.05, 3.63) is 11.8 Å².